The van der Waals surface area contributed by atoms with Gasteiger partial charge in [0, 0.05) is 0 Å². The molecule has 0 spiro atoms. The Labute approximate surface area is 116 Å². The lowest BCUT2D eigenvalue weighted by Gasteiger charge is -2.06. The second kappa shape index (κ2) is 6.75. The van der Waals surface area contributed by atoms with Gasteiger partial charge in [0.05, 0.1) is 0 Å². The molecular weight excluding hydrogens is 228 g/mol. The maximum atomic E-state index is 2.27. The minimum absolute atomic E-state index is 1.01. The van der Waals surface area contributed by atoms with Gasteiger partial charge in [0.25, 0.3) is 0 Å². The van der Waals surface area contributed by atoms with E-state index in [2.05, 4.69) is 86.7 Å². The molecule has 0 heterocycles. The molecule has 0 radical (unpaired) electrons. The fourth-order valence-electron chi connectivity index (χ4n) is 1.95. The van der Waals surface area contributed by atoms with Gasteiger partial charge in [-0.2, -0.15) is 0 Å². The summed E-state index contributed by atoms with van der Waals surface area (Å²) in [5, 5.41) is 0. The summed E-state index contributed by atoms with van der Waals surface area (Å²) in [7, 11) is 0. The lowest BCUT2D eigenvalue weighted by Crippen LogP contribution is -1.85. The molecule has 19 heavy (non-hydrogen) atoms. The van der Waals surface area contributed by atoms with E-state index in [1.165, 1.54) is 22.3 Å². The van der Waals surface area contributed by atoms with Crippen molar-refractivity contribution in [3.8, 4) is 0 Å². The summed E-state index contributed by atoms with van der Waals surface area (Å²) in [5.74, 6) is 0. The fourth-order valence-corrected chi connectivity index (χ4v) is 1.95. The van der Waals surface area contributed by atoms with Crippen molar-refractivity contribution in [1.29, 1.82) is 0 Å². The summed E-state index contributed by atoms with van der Waals surface area (Å²) < 4.78 is 0. The van der Waals surface area contributed by atoms with E-state index in [0.717, 1.165) is 6.42 Å². The molecule has 0 bridgehead atoms. The summed E-state index contributed by atoms with van der Waals surface area (Å²) in [6.07, 6.45) is 16.2. The maximum Gasteiger partial charge on any atom is -0.00941 e. The van der Waals surface area contributed by atoms with E-state index in [-0.39, 0.29) is 0 Å². The average molecular weight is 248 g/mol. The second-order valence-corrected chi connectivity index (χ2v) is 4.94. The minimum atomic E-state index is 1.01. The highest BCUT2D eigenvalue weighted by Gasteiger charge is 2.00. The van der Waals surface area contributed by atoms with E-state index in [4.69, 9.17) is 0 Å². The monoisotopic (exact) mass is 248 g/mol. The molecule has 2 rings (SSSR count). The summed E-state index contributed by atoms with van der Waals surface area (Å²) in [4.78, 5) is 0. The second-order valence-electron chi connectivity index (χ2n) is 4.94. The third-order valence-corrected chi connectivity index (χ3v) is 2.96. The standard InChI is InChI=1S/C19H20/c1-16(2)13-14-19(18-11-7-4-8-12-18)15-17-9-5-3-6-10-17/h3-9,11-15H,10H2,1-2H3. The molecule has 0 saturated heterocycles. The van der Waals surface area contributed by atoms with Crippen molar-refractivity contribution >= 4 is 5.57 Å². The van der Waals surface area contributed by atoms with Crippen molar-refractivity contribution in [3.05, 3.63) is 89.6 Å². The molecule has 0 amide bonds. The quantitative estimate of drug-likeness (QED) is 0.621. The maximum absolute atomic E-state index is 2.27. The Morgan fingerprint density at radius 3 is 2.42 bits per heavy atom. The van der Waals surface area contributed by atoms with E-state index in [1.807, 2.05) is 0 Å². The van der Waals surface area contributed by atoms with Gasteiger partial charge in [-0.15, -0.1) is 0 Å². The van der Waals surface area contributed by atoms with E-state index >= 15 is 0 Å². The van der Waals surface area contributed by atoms with E-state index in [9.17, 15) is 0 Å². The molecule has 0 N–H and O–H groups in total. The number of rotatable bonds is 3. The van der Waals surface area contributed by atoms with Crippen LogP contribution in [0.1, 0.15) is 25.8 Å². The van der Waals surface area contributed by atoms with E-state index < -0.39 is 0 Å². The fraction of sp³-hybridized carbons (Fsp3) is 0.158. The highest BCUT2D eigenvalue weighted by molar-refractivity contribution is 5.76. The van der Waals surface area contributed by atoms with Crippen LogP contribution in [0, 0.1) is 0 Å². The first-order valence-corrected chi connectivity index (χ1v) is 6.70. The third-order valence-electron chi connectivity index (χ3n) is 2.96. The number of allylic oxidation sites excluding steroid dienone is 10. The molecule has 0 saturated carbocycles. The lowest BCUT2D eigenvalue weighted by molar-refractivity contribution is 1.26. The zero-order valence-corrected chi connectivity index (χ0v) is 11.6. The first-order chi connectivity index (χ1) is 9.25. The zero-order valence-electron chi connectivity index (χ0n) is 11.6. The van der Waals surface area contributed by atoms with Gasteiger partial charge in [-0.3, -0.25) is 0 Å². The van der Waals surface area contributed by atoms with Crippen molar-refractivity contribution in [2.24, 2.45) is 0 Å². The van der Waals surface area contributed by atoms with E-state index in [1.54, 1.807) is 0 Å². The molecule has 0 atom stereocenters. The summed E-state index contributed by atoms with van der Waals surface area (Å²) in [6, 6.07) is 10.5. The number of hydrogen-bond acceptors (Lipinski definition) is 0. The van der Waals surface area contributed by atoms with Crippen LogP contribution < -0.4 is 0 Å². The number of hydrogen-bond donors (Lipinski definition) is 0. The van der Waals surface area contributed by atoms with Crippen LogP contribution in [0.25, 0.3) is 5.57 Å². The topological polar surface area (TPSA) is 0 Å². The van der Waals surface area contributed by atoms with Gasteiger partial charge in [-0.25, -0.2) is 0 Å². The smallest absolute Gasteiger partial charge is 0.00941 e. The average Bonchev–Trinajstić information content (AvgIpc) is 2.45. The predicted octanol–water partition coefficient (Wildman–Crippen LogP) is 5.48. The van der Waals surface area contributed by atoms with Gasteiger partial charge in [0.2, 0.25) is 0 Å². The molecular formula is C19H20. The number of benzene rings is 1. The van der Waals surface area contributed by atoms with Gasteiger partial charge < -0.3 is 0 Å². The third kappa shape index (κ3) is 4.26. The van der Waals surface area contributed by atoms with Crippen molar-refractivity contribution < 1.29 is 0 Å². The van der Waals surface area contributed by atoms with Crippen LogP contribution in [0.3, 0.4) is 0 Å². The predicted molar refractivity (Wildman–Crippen MR) is 84.8 cm³/mol. The molecule has 0 unspecified atom stereocenters. The first-order valence-electron chi connectivity index (χ1n) is 6.70. The highest BCUT2D eigenvalue weighted by atomic mass is 14.0. The summed E-state index contributed by atoms with van der Waals surface area (Å²) >= 11 is 0. The van der Waals surface area contributed by atoms with Gasteiger partial charge in [-0.05, 0) is 37.0 Å². The van der Waals surface area contributed by atoms with Crippen LogP contribution in [0.5, 0.6) is 0 Å². The Kier molecular flexibility index (Phi) is 4.74. The van der Waals surface area contributed by atoms with Gasteiger partial charge in [0.15, 0.2) is 0 Å². The molecule has 1 aromatic carbocycles. The van der Waals surface area contributed by atoms with Crippen LogP contribution in [0.4, 0.5) is 0 Å². The Bertz CT molecular complexity index is 559. The van der Waals surface area contributed by atoms with Crippen molar-refractivity contribution in [3.63, 3.8) is 0 Å². The Hall–Kier alpha value is -2.08. The molecule has 0 aromatic heterocycles. The molecule has 0 aliphatic heterocycles. The van der Waals surface area contributed by atoms with Crippen LogP contribution in [-0.4, -0.2) is 0 Å². The molecule has 1 aromatic rings. The van der Waals surface area contributed by atoms with Gasteiger partial charge in [0.1, 0.15) is 0 Å². The van der Waals surface area contributed by atoms with Crippen molar-refractivity contribution in [2.45, 2.75) is 20.3 Å². The summed E-state index contributed by atoms with van der Waals surface area (Å²) in [6.45, 7) is 4.24. The zero-order chi connectivity index (χ0) is 13.5. The Balaban J connectivity index is 2.35. The van der Waals surface area contributed by atoms with Crippen LogP contribution in [-0.2, 0) is 0 Å². The van der Waals surface area contributed by atoms with Crippen molar-refractivity contribution in [2.75, 3.05) is 0 Å². The van der Waals surface area contributed by atoms with Gasteiger partial charge in [-0.1, -0.05) is 78.4 Å². The highest BCUT2D eigenvalue weighted by Crippen LogP contribution is 2.21. The Morgan fingerprint density at radius 1 is 1.00 bits per heavy atom. The van der Waals surface area contributed by atoms with E-state index in [0.29, 0.717) is 0 Å². The van der Waals surface area contributed by atoms with Crippen molar-refractivity contribution in [1.82, 2.24) is 0 Å². The van der Waals surface area contributed by atoms with Crippen LogP contribution in [0.2, 0.25) is 0 Å². The normalized spacial score (nSPS) is 16.7. The van der Waals surface area contributed by atoms with Crippen LogP contribution in [0.15, 0.2) is 84.0 Å². The SMILES string of the molecule is CC(C)=CC=C(C=C1C=CC=CC1)c1ccccc1. The lowest BCUT2D eigenvalue weighted by atomic mass is 9.99. The minimum Gasteiger partial charge on any atom is -0.0801 e. The molecule has 96 valence electrons. The summed E-state index contributed by atoms with van der Waals surface area (Å²) in [5.41, 5.74) is 5.18. The van der Waals surface area contributed by atoms with Gasteiger partial charge >= 0.3 is 0 Å². The molecule has 0 fully saturated rings. The molecule has 1 aliphatic rings. The Morgan fingerprint density at radius 2 is 1.79 bits per heavy atom. The first kappa shape index (κ1) is 13.4. The van der Waals surface area contributed by atoms with Crippen LogP contribution >= 0.6 is 0 Å². The molecule has 0 heteroatoms. The largest absolute Gasteiger partial charge is 0.0801 e. The molecule has 1 aliphatic carbocycles. The molecule has 0 nitrogen and oxygen atoms in total.